The molecule has 0 aliphatic carbocycles. The van der Waals surface area contributed by atoms with Crippen molar-refractivity contribution in [2.75, 3.05) is 20.6 Å². The summed E-state index contributed by atoms with van der Waals surface area (Å²) in [4.78, 5) is 1.94. The standard InChI is InChI=1S/C11H23N3O2S/c1-9(2)6-11(8-14(4)5)13-17(15,16)10(3)7-12/h9-11,13H,6,8H2,1-5H3. The van der Waals surface area contributed by atoms with E-state index in [1.165, 1.54) is 6.92 Å². The van der Waals surface area contributed by atoms with Crippen LogP contribution in [0.4, 0.5) is 0 Å². The Labute approximate surface area is 105 Å². The molecule has 5 nitrogen and oxygen atoms in total. The molecule has 0 aromatic rings. The van der Waals surface area contributed by atoms with Crippen molar-refractivity contribution in [3.05, 3.63) is 0 Å². The minimum atomic E-state index is -3.54. The molecule has 0 aromatic heterocycles. The fraction of sp³-hybridized carbons (Fsp3) is 0.909. The van der Waals surface area contributed by atoms with E-state index in [-0.39, 0.29) is 6.04 Å². The molecule has 100 valence electrons. The Kier molecular flexibility index (Phi) is 6.68. The topological polar surface area (TPSA) is 73.2 Å². The Morgan fingerprint density at radius 1 is 1.29 bits per heavy atom. The van der Waals surface area contributed by atoms with Crippen LogP contribution in [0, 0.1) is 17.2 Å². The van der Waals surface area contributed by atoms with Crippen molar-refractivity contribution < 1.29 is 8.42 Å². The zero-order chi connectivity index (χ0) is 13.6. The average Bonchev–Trinajstić information content (AvgIpc) is 2.13. The van der Waals surface area contributed by atoms with Crippen LogP contribution < -0.4 is 4.72 Å². The Bertz CT molecular complexity index is 347. The largest absolute Gasteiger partial charge is 0.308 e. The molecule has 0 aromatic carbocycles. The van der Waals surface area contributed by atoms with Crippen molar-refractivity contribution in [2.24, 2.45) is 5.92 Å². The fourth-order valence-electron chi connectivity index (χ4n) is 1.57. The number of hydrogen-bond acceptors (Lipinski definition) is 4. The third-order valence-electron chi connectivity index (χ3n) is 2.32. The third-order valence-corrected chi connectivity index (χ3v) is 4.02. The van der Waals surface area contributed by atoms with Crippen molar-refractivity contribution in [3.8, 4) is 6.07 Å². The molecule has 0 rings (SSSR count). The lowest BCUT2D eigenvalue weighted by molar-refractivity contribution is 0.329. The summed E-state index contributed by atoms with van der Waals surface area (Å²) in [7, 11) is 0.258. The van der Waals surface area contributed by atoms with Crippen molar-refractivity contribution in [1.82, 2.24) is 9.62 Å². The maximum atomic E-state index is 11.8. The van der Waals surface area contributed by atoms with Gasteiger partial charge in [0.25, 0.3) is 0 Å². The van der Waals surface area contributed by atoms with Gasteiger partial charge < -0.3 is 4.90 Å². The second kappa shape index (κ2) is 6.94. The van der Waals surface area contributed by atoms with Crippen LogP contribution in [0.5, 0.6) is 0 Å². The Hall–Kier alpha value is -0.640. The van der Waals surface area contributed by atoms with Crippen molar-refractivity contribution in [2.45, 2.75) is 38.5 Å². The van der Waals surface area contributed by atoms with E-state index in [4.69, 9.17) is 5.26 Å². The van der Waals surface area contributed by atoms with Crippen molar-refractivity contribution in [3.63, 3.8) is 0 Å². The molecule has 2 atom stereocenters. The van der Waals surface area contributed by atoms with Gasteiger partial charge in [0.2, 0.25) is 10.0 Å². The molecule has 1 N–H and O–H groups in total. The Morgan fingerprint density at radius 3 is 2.18 bits per heavy atom. The summed E-state index contributed by atoms with van der Waals surface area (Å²) in [6.45, 7) is 6.12. The molecule has 0 saturated carbocycles. The van der Waals surface area contributed by atoms with E-state index in [2.05, 4.69) is 4.72 Å². The predicted octanol–water partition coefficient (Wildman–Crippen LogP) is 0.794. The van der Waals surface area contributed by atoms with E-state index in [0.29, 0.717) is 12.5 Å². The number of nitriles is 1. The van der Waals surface area contributed by atoms with Crippen LogP contribution in [-0.4, -0.2) is 45.2 Å². The number of likely N-dealkylation sites (N-methyl/N-ethyl adjacent to an activating group) is 1. The molecule has 0 bridgehead atoms. The predicted molar refractivity (Wildman–Crippen MR) is 68.9 cm³/mol. The summed E-state index contributed by atoms with van der Waals surface area (Å²) in [5.74, 6) is 0.403. The van der Waals surface area contributed by atoms with Crippen LogP contribution in [-0.2, 0) is 10.0 Å². The van der Waals surface area contributed by atoms with Gasteiger partial charge in [0.1, 0.15) is 0 Å². The van der Waals surface area contributed by atoms with Crippen molar-refractivity contribution >= 4 is 10.0 Å². The van der Waals surface area contributed by atoms with Gasteiger partial charge >= 0.3 is 0 Å². The van der Waals surface area contributed by atoms with E-state index >= 15 is 0 Å². The van der Waals surface area contributed by atoms with E-state index in [0.717, 1.165) is 6.42 Å². The minimum absolute atomic E-state index is 0.147. The molecule has 0 aliphatic heterocycles. The smallest absolute Gasteiger partial charge is 0.227 e. The van der Waals surface area contributed by atoms with Crippen LogP contribution in [0.25, 0.3) is 0 Å². The summed E-state index contributed by atoms with van der Waals surface area (Å²) in [5.41, 5.74) is 0. The van der Waals surface area contributed by atoms with E-state index < -0.39 is 15.3 Å². The molecule has 0 heterocycles. The van der Waals surface area contributed by atoms with E-state index in [1.54, 1.807) is 6.07 Å². The van der Waals surface area contributed by atoms with Crippen LogP contribution in [0.2, 0.25) is 0 Å². The highest BCUT2D eigenvalue weighted by molar-refractivity contribution is 7.90. The second-order valence-corrected chi connectivity index (χ2v) is 7.06. The lowest BCUT2D eigenvalue weighted by Crippen LogP contribution is -2.45. The van der Waals surface area contributed by atoms with Gasteiger partial charge in [0.15, 0.2) is 5.25 Å². The van der Waals surface area contributed by atoms with Crippen LogP contribution >= 0.6 is 0 Å². The highest BCUT2D eigenvalue weighted by Crippen LogP contribution is 2.08. The zero-order valence-electron chi connectivity index (χ0n) is 11.3. The first-order valence-electron chi connectivity index (χ1n) is 5.74. The van der Waals surface area contributed by atoms with Crippen LogP contribution in [0.3, 0.4) is 0 Å². The lowest BCUT2D eigenvalue weighted by atomic mass is 10.0. The molecule has 0 aliphatic rings. The molecule has 0 fully saturated rings. The first-order chi connectivity index (χ1) is 7.69. The number of nitrogens with zero attached hydrogens (tertiary/aromatic N) is 2. The number of nitrogens with one attached hydrogen (secondary N) is 1. The summed E-state index contributed by atoms with van der Waals surface area (Å²) in [6.07, 6.45) is 0.759. The van der Waals surface area contributed by atoms with Gasteiger partial charge in [-0.1, -0.05) is 13.8 Å². The number of hydrogen-bond donors (Lipinski definition) is 1. The third kappa shape index (κ3) is 6.61. The highest BCUT2D eigenvalue weighted by Gasteiger charge is 2.24. The molecule has 0 amide bonds. The molecule has 0 radical (unpaired) electrons. The molecule has 0 saturated heterocycles. The molecular weight excluding hydrogens is 238 g/mol. The lowest BCUT2D eigenvalue weighted by Gasteiger charge is -2.24. The Morgan fingerprint density at radius 2 is 1.82 bits per heavy atom. The summed E-state index contributed by atoms with van der Waals surface area (Å²) >= 11 is 0. The molecule has 2 unspecified atom stereocenters. The number of sulfonamides is 1. The van der Waals surface area contributed by atoms with Gasteiger partial charge in [-0.15, -0.1) is 0 Å². The van der Waals surface area contributed by atoms with E-state index in [9.17, 15) is 8.42 Å². The Balaban J connectivity index is 4.69. The SMILES string of the molecule is CC(C)CC(CN(C)C)NS(=O)(=O)C(C)C#N. The van der Waals surface area contributed by atoms with Crippen LogP contribution in [0.15, 0.2) is 0 Å². The van der Waals surface area contributed by atoms with E-state index in [1.807, 2.05) is 32.8 Å². The zero-order valence-corrected chi connectivity index (χ0v) is 12.1. The maximum Gasteiger partial charge on any atom is 0.227 e. The fourth-order valence-corrected chi connectivity index (χ4v) is 2.55. The minimum Gasteiger partial charge on any atom is -0.308 e. The number of rotatable bonds is 7. The van der Waals surface area contributed by atoms with Gasteiger partial charge in [-0.3, -0.25) is 0 Å². The molecule has 17 heavy (non-hydrogen) atoms. The first kappa shape index (κ1) is 16.4. The highest BCUT2D eigenvalue weighted by atomic mass is 32.2. The summed E-state index contributed by atoms with van der Waals surface area (Å²) in [6, 6.07) is 1.61. The molecular formula is C11H23N3O2S. The summed E-state index contributed by atoms with van der Waals surface area (Å²) < 4.78 is 26.2. The normalized spacial score (nSPS) is 15.9. The van der Waals surface area contributed by atoms with Gasteiger partial charge in [-0.2, -0.15) is 5.26 Å². The van der Waals surface area contributed by atoms with Crippen LogP contribution in [0.1, 0.15) is 27.2 Å². The average molecular weight is 261 g/mol. The quantitative estimate of drug-likeness (QED) is 0.735. The monoisotopic (exact) mass is 261 g/mol. The maximum absolute atomic E-state index is 11.8. The van der Waals surface area contributed by atoms with Gasteiger partial charge in [0.05, 0.1) is 6.07 Å². The molecule has 0 spiro atoms. The second-order valence-electron chi connectivity index (χ2n) is 5.02. The van der Waals surface area contributed by atoms with Gasteiger partial charge in [-0.25, -0.2) is 13.1 Å². The van der Waals surface area contributed by atoms with Gasteiger partial charge in [0, 0.05) is 12.6 Å². The molecule has 6 heteroatoms. The summed E-state index contributed by atoms with van der Waals surface area (Å²) in [5, 5.41) is 7.65. The van der Waals surface area contributed by atoms with Crippen molar-refractivity contribution in [1.29, 1.82) is 5.26 Å². The van der Waals surface area contributed by atoms with Gasteiger partial charge in [-0.05, 0) is 33.4 Å². The first-order valence-corrected chi connectivity index (χ1v) is 7.29.